The molecule has 5 nitrogen and oxygen atoms in total. The third kappa shape index (κ3) is 3.47. The van der Waals surface area contributed by atoms with Gasteiger partial charge in [-0.05, 0) is 48.8 Å². The van der Waals surface area contributed by atoms with E-state index in [2.05, 4.69) is 26.2 Å². The smallest absolute Gasteiger partial charge is 0.407 e. The highest BCUT2D eigenvalue weighted by molar-refractivity contribution is 9.10. The Balaban J connectivity index is 2.06. The summed E-state index contributed by atoms with van der Waals surface area (Å²) < 4.78 is 7.91. The number of amides is 1. The Labute approximate surface area is 120 Å². The molecule has 2 rings (SSSR count). The number of fused-ring (bicyclic) bond motifs is 1. The number of carbonyl (C=O) groups is 1. The number of aromatic nitrogens is 2. The summed E-state index contributed by atoms with van der Waals surface area (Å²) in [7, 11) is 0. The van der Waals surface area contributed by atoms with Gasteiger partial charge in [0.2, 0.25) is 0 Å². The van der Waals surface area contributed by atoms with Crippen LogP contribution in [0.25, 0.3) is 5.65 Å². The molecule has 0 saturated heterocycles. The molecular formula is C13H16BrN3O2. The van der Waals surface area contributed by atoms with Gasteiger partial charge in [-0.3, -0.25) is 4.40 Å². The van der Waals surface area contributed by atoms with E-state index in [1.54, 1.807) is 0 Å². The number of imidazole rings is 1. The van der Waals surface area contributed by atoms with Crippen LogP contribution in [0, 0.1) is 0 Å². The van der Waals surface area contributed by atoms with E-state index in [4.69, 9.17) is 4.74 Å². The Bertz CT molecular complexity index is 601. The van der Waals surface area contributed by atoms with Crippen molar-refractivity contribution >= 4 is 27.7 Å². The summed E-state index contributed by atoms with van der Waals surface area (Å²) in [6, 6.07) is 5.74. The van der Waals surface area contributed by atoms with Crippen molar-refractivity contribution in [3.8, 4) is 0 Å². The lowest BCUT2D eigenvalue weighted by Crippen LogP contribution is -2.32. The minimum atomic E-state index is -0.500. The van der Waals surface area contributed by atoms with E-state index >= 15 is 0 Å². The third-order valence-electron chi connectivity index (χ3n) is 2.34. The predicted octanol–water partition coefficient (Wildman–Crippen LogP) is 3.12. The zero-order valence-corrected chi connectivity index (χ0v) is 12.7. The van der Waals surface area contributed by atoms with Crippen LogP contribution in [-0.4, -0.2) is 21.1 Å². The lowest BCUT2D eigenvalue weighted by Gasteiger charge is -2.19. The molecule has 0 unspecified atom stereocenters. The molecule has 0 spiro atoms. The Morgan fingerprint density at radius 1 is 1.47 bits per heavy atom. The highest BCUT2D eigenvalue weighted by Crippen LogP contribution is 2.18. The number of hydrogen-bond acceptors (Lipinski definition) is 3. The molecule has 2 heterocycles. The van der Waals surface area contributed by atoms with Crippen LogP contribution in [0.15, 0.2) is 29.0 Å². The molecule has 0 saturated carbocycles. The number of pyridine rings is 1. The Kier molecular flexibility index (Phi) is 3.80. The van der Waals surface area contributed by atoms with E-state index < -0.39 is 11.7 Å². The van der Waals surface area contributed by atoms with Gasteiger partial charge in [0.1, 0.15) is 15.9 Å². The number of halogens is 1. The molecule has 0 aliphatic rings. The first-order valence-electron chi connectivity index (χ1n) is 5.95. The second kappa shape index (κ2) is 5.21. The summed E-state index contributed by atoms with van der Waals surface area (Å²) in [5.74, 6) is 0. The summed E-state index contributed by atoms with van der Waals surface area (Å²) in [6.45, 7) is 5.80. The molecule has 0 fully saturated rings. The zero-order chi connectivity index (χ0) is 14.0. The van der Waals surface area contributed by atoms with Gasteiger partial charge >= 0.3 is 6.09 Å². The largest absolute Gasteiger partial charge is 0.444 e. The Morgan fingerprint density at radius 3 is 2.84 bits per heavy atom. The van der Waals surface area contributed by atoms with E-state index in [1.807, 2.05) is 49.6 Å². The average molecular weight is 326 g/mol. The van der Waals surface area contributed by atoms with Crippen molar-refractivity contribution < 1.29 is 9.53 Å². The number of rotatable bonds is 2. The highest BCUT2D eigenvalue weighted by Gasteiger charge is 2.17. The maximum Gasteiger partial charge on any atom is 0.407 e. The maximum atomic E-state index is 11.6. The SMILES string of the molecule is CC(C)(C)OC(=O)NCc1nc2ccccn2c1Br. The number of nitrogens with one attached hydrogen (secondary N) is 1. The fourth-order valence-electron chi connectivity index (χ4n) is 1.60. The highest BCUT2D eigenvalue weighted by atomic mass is 79.9. The van der Waals surface area contributed by atoms with Gasteiger partial charge in [0.05, 0.1) is 12.2 Å². The van der Waals surface area contributed by atoms with Gasteiger partial charge < -0.3 is 10.1 Å². The molecule has 6 heteroatoms. The number of carbonyl (C=O) groups excluding carboxylic acids is 1. The number of alkyl carbamates (subject to hydrolysis) is 1. The summed E-state index contributed by atoms with van der Waals surface area (Å²) in [5, 5.41) is 2.69. The first-order valence-corrected chi connectivity index (χ1v) is 6.74. The summed E-state index contributed by atoms with van der Waals surface area (Å²) >= 11 is 3.47. The Hall–Kier alpha value is -1.56. The average Bonchev–Trinajstić information content (AvgIpc) is 2.62. The van der Waals surface area contributed by atoms with Gasteiger partial charge in [-0.25, -0.2) is 9.78 Å². The molecule has 0 radical (unpaired) electrons. The minimum absolute atomic E-state index is 0.317. The molecule has 102 valence electrons. The molecule has 0 aliphatic heterocycles. The molecule has 2 aromatic heterocycles. The van der Waals surface area contributed by atoms with Crippen LogP contribution in [-0.2, 0) is 11.3 Å². The van der Waals surface area contributed by atoms with E-state index in [0.29, 0.717) is 6.54 Å². The van der Waals surface area contributed by atoms with Crippen molar-refractivity contribution in [1.29, 1.82) is 0 Å². The fraction of sp³-hybridized carbons (Fsp3) is 0.385. The van der Waals surface area contributed by atoms with Crippen molar-refractivity contribution in [3.05, 3.63) is 34.7 Å². The first-order chi connectivity index (χ1) is 8.87. The molecule has 1 amide bonds. The molecule has 0 bridgehead atoms. The van der Waals surface area contributed by atoms with Gasteiger partial charge in [0.15, 0.2) is 0 Å². The van der Waals surface area contributed by atoms with Crippen molar-refractivity contribution in [2.24, 2.45) is 0 Å². The van der Waals surface area contributed by atoms with Gasteiger partial charge in [0.25, 0.3) is 0 Å². The van der Waals surface area contributed by atoms with Crippen LogP contribution in [0.5, 0.6) is 0 Å². The standard InChI is InChI=1S/C13H16BrN3O2/c1-13(2,3)19-12(18)15-8-9-11(14)17-7-5-4-6-10(17)16-9/h4-7H,8H2,1-3H3,(H,15,18). The molecular weight excluding hydrogens is 310 g/mol. The molecule has 1 N–H and O–H groups in total. The predicted molar refractivity (Wildman–Crippen MR) is 76.0 cm³/mol. The van der Waals surface area contributed by atoms with Gasteiger partial charge in [-0.1, -0.05) is 6.07 Å². The lowest BCUT2D eigenvalue weighted by molar-refractivity contribution is 0.0523. The van der Waals surface area contributed by atoms with Gasteiger partial charge in [-0.15, -0.1) is 0 Å². The van der Waals surface area contributed by atoms with Crippen molar-refractivity contribution in [2.45, 2.75) is 32.9 Å². The molecule has 0 aromatic carbocycles. The fourth-order valence-corrected chi connectivity index (χ4v) is 2.13. The van der Waals surface area contributed by atoms with Crippen LogP contribution in [0.2, 0.25) is 0 Å². The molecule has 0 aliphatic carbocycles. The summed E-state index contributed by atoms with van der Waals surface area (Å²) in [4.78, 5) is 16.0. The molecule has 0 atom stereocenters. The Morgan fingerprint density at radius 2 is 2.21 bits per heavy atom. The second-order valence-corrected chi connectivity index (χ2v) is 5.88. The third-order valence-corrected chi connectivity index (χ3v) is 3.18. The van der Waals surface area contributed by atoms with E-state index in [1.165, 1.54) is 0 Å². The zero-order valence-electron chi connectivity index (χ0n) is 11.1. The maximum absolute atomic E-state index is 11.6. The topological polar surface area (TPSA) is 55.6 Å². The van der Waals surface area contributed by atoms with Crippen molar-refractivity contribution in [2.75, 3.05) is 0 Å². The minimum Gasteiger partial charge on any atom is -0.444 e. The van der Waals surface area contributed by atoms with Crippen molar-refractivity contribution in [3.63, 3.8) is 0 Å². The van der Waals surface area contributed by atoms with Crippen LogP contribution < -0.4 is 5.32 Å². The van der Waals surface area contributed by atoms with Gasteiger partial charge in [-0.2, -0.15) is 0 Å². The first kappa shape index (κ1) is 13.9. The van der Waals surface area contributed by atoms with Gasteiger partial charge in [0, 0.05) is 6.20 Å². The van der Waals surface area contributed by atoms with E-state index in [-0.39, 0.29) is 0 Å². The summed E-state index contributed by atoms with van der Waals surface area (Å²) in [6.07, 6.45) is 1.46. The van der Waals surface area contributed by atoms with E-state index in [9.17, 15) is 4.79 Å². The molecule has 19 heavy (non-hydrogen) atoms. The number of ether oxygens (including phenoxy) is 1. The van der Waals surface area contributed by atoms with Crippen LogP contribution >= 0.6 is 15.9 Å². The monoisotopic (exact) mass is 325 g/mol. The normalized spacial score (nSPS) is 11.6. The number of nitrogens with zero attached hydrogens (tertiary/aromatic N) is 2. The second-order valence-electron chi connectivity index (χ2n) is 5.13. The summed E-state index contributed by atoms with van der Waals surface area (Å²) in [5.41, 5.74) is 1.09. The lowest BCUT2D eigenvalue weighted by atomic mass is 10.2. The van der Waals surface area contributed by atoms with Crippen LogP contribution in [0.3, 0.4) is 0 Å². The van der Waals surface area contributed by atoms with Crippen LogP contribution in [0.1, 0.15) is 26.5 Å². The van der Waals surface area contributed by atoms with Crippen molar-refractivity contribution in [1.82, 2.24) is 14.7 Å². The van der Waals surface area contributed by atoms with E-state index in [0.717, 1.165) is 15.9 Å². The number of hydrogen-bond donors (Lipinski definition) is 1. The van der Waals surface area contributed by atoms with Crippen LogP contribution in [0.4, 0.5) is 4.79 Å². The quantitative estimate of drug-likeness (QED) is 0.922. The molecule has 2 aromatic rings.